The number of halogens is 3. The standard InChI is InChI=1S/C35H35ClF2N2O4/c1-5-9-30(35(2,3)4)44-34(42)23-12-15-25(16-13-23)39-33(41)26(20-22-10-7-6-8-11-22)29-19-14-24(21-40(29)43)31-28(37)18-17-27(36)32(31)38/h6-8,10-19,21,26,30H,5,9,20H2,1-4H3,(H,39,41). The minimum absolute atomic E-state index is 0.0183. The molecule has 6 nitrogen and oxygen atoms in total. The third kappa shape index (κ3) is 7.80. The van der Waals surface area contributed by atoms with Crippen LogP contribution >= 0.6 is 11.6 Å². The van der Waals surface area contributed by atoms with E-state index in [4.69, 9.17) is 16.3 Å². The van der Waals surface area contributed by atoms with E-state index in [0.29, 0.717) is 16.0 Å². The predicted molar refractivity (Wildman–Crippen MR) is 167 cm³/mol. The highest BCUT2D eigenvalue weighted by Gasteiger charge is 2.30. The van der Waals surface area contributed by atoms with Gasteiger partial charge < -0.3 is 15.3 Å². The number of pyridine rings is 1. The van der Waals surface area contributed by atoms with E-state index in [1.165, 1.54) is 12.1 Å². The van der Waals surface area contributed by atoms with Crippen LogP contribution in [0.25, 0.3) is 11.1 Å². The molecule has 9 heteroatoms. The molecule has 230 valence electrons. The number of nitrogens with zero attached hydrogens (tertiary/aromatic N) is 1. The molecule has 0 saturated heterocycles. The Kier molecular flexibility index (Phi) is 10.4. The lowest BCUT2D eigenvalue weighted by Gasteiger charge is -2.30. The molecule has 0 spiro atoms. The number of amides is 1. The lowest BCUT2D eigenvalue weighted by Crippen LogP contribution is -2.38. The van der Waals surface area contributed by atoms with E-state index >= 15 is 0 Å². The van der Waals surface area contributed by atoms with Crippen LogP contribution in [0.2, 0.25) is 5.02 Å². The lowest BCUT2D eigenvalue weighted by molar-refractivity contribution is -0.614. The fourth-order valence-corrected chi connectivity index (χ4v) is 5.09. The Balaban J connectivity index is 1.58. The number of esters is 1. The van der Waals surface area contributed by atoms with Crippen molar-refractivity contribution >= 4 is 29.2 Å². The molecule has 0 radical (unpaired) electrons. The number of aromatic nitrogens is 1. The Morgan fingerprint density at radius 1 is 0.977 bits per heavy atom. The Morgan fingerprint density at radius 3 is 2.27 bits per heavy atom. The summed E-state index contributed by atoms with van der Waals surface area (Å²) in [5.74, 6) is -3.73. The first-order valence-corrected chi connectivity index (χ1v) is 14.8. The number of hydrogen-bond acceptors (Lipinski definition) is 4. The number of carbonyl (C=O) groups excluding carboxylic acids is 2. The zero-order chi connectivity index (χ0) is 32.0. The number of hydrogen-bond donors (Lipinski definition) is 1. The van der Waals surface area contributed by atoms with Crippen molar-refractivity contribution in [2.45, 2.75) is 59.0 Å². The molecule has 0 aliphatic heterocycles. The van der Waals surface area contributed by atoms with Gasteiger partial charge >= 0.3 is 5.97 Å². The van der Waals surface area contributed by atoms with Crippen LogP contribution in [-0.2, 0) is 16.0 Å². The smallest absolute Gasteiger partial charge is 0.338 e. The molecule has 1 aromatic heterocycles. The van der Waals surface area contributed by atoms with Crippen molar-refractivity contribution < 1.29 is 27.8 Å². The van der Waals surface area contributed by atoms with Gasteiger partial charge in [0.2, 0.25) is 11.6 Å². The van der Waals surface area contributed by atoms with Gasteiger partial charge in [0.15, 0.2) is 12.0 Å². The molecule has 1 amide bonds. The van der Waals surface area contributed by atoms with E-state index in [9.17, 15) is 23.6 Å². The second-order valence-electron chi connectivity index (χ2n) is 11.7. The highest BCUT2D eigenvalue weighted by atomic mass is 35.5. The monoisotopic (exact) mass is 620 g/mol. The summed E-state index contributed by atoms with van der Waals surface area (Å²) in [5, 5.41) is 15.8. The third-order valence-electron chi connectivity index (χ3n) is 7.39. The normalized spacial score (nSPS) is 12.8. The molecule has 2 unspecified atom stereocenters. The topological polar surface area (TPSA) is 82.3 Å². The molecule has 3 aromatic carbocycles. The van der Waals surface area contributed by atoms with Gasteiger partial charge in [0.25, 0.3) is 0 Å². The van der Waals surface area contributed by atoms with Crippen molar-refractivity contribution in [3.8, 4) is 11.1 Å². The maximum Gasteiger partial charge on any atom is 0.338 e. The van der Waals surface area contributed by atoms with E-state index in [1.54, 1.807) is 24.3 Å². The highest BCUT2D eigenvalue weighted by Crippen LogP contribution is 2.31. The van der Waals surface area contributed by atoms with Crippen LogP contribution in [0.4, 0.5) is 14.5 Å². The molecule has 0 fully saturated rings. The first kappa shape index (κ1) is 32.6. The van der Waals surface area contributed by atoms with Gasteiger partial charge in [-0.15, -0.1) is 0 Å². The maximum absolute atomic E-state index is 14.6. The average molecular weight is 621 g/mol. The minimum atomic E-state index is -0.982. The summed E-state index contributed by atoms with van der Waals surface area (Å²) >= 11 is 5.84. The molecule has 0 bridgehead atoms. The first-order chi connectivity index (χ1) is 20.9. The molecule has 44 heavy (non-hydrogen) atoms. The summed E-state index contributed by atoms with van der Waals surface area (Å²) < 4.78 is 35.4. The first-order valence-electron chi connectivity index (χ1n) is 14.4. The van der Waals surface area contributed by atoms with Crippen molar-refractivity contribution in [3.63, 3.8) is 0 Å². The van der Waals surface area contributed by atoms with Gasteiger partial charge in [0, 0.05) is 11.8 Å². The summed E-state index contributed by atoms with van der Waals surface area (Å²) in [4.78, 5) is 26.5. The third-order valence-corrected chi connectivity index (χ3v) is 7.68. The van der Waals surface area contributed by atoms with Gasteiger partial charge in [-0.3, -0.25) is 4.79 Å². The summed E-state index contributed by atoms with van der Waals surface area (Å²) in [6.07, 6.45) is 2.60. The number of anilines is 1. The van der Waals surface area contributed by atoms with Gasteiger partial charge in [-0.25, -0.2) is 13.6 Å². The molecule has 2 atom stereocenters. The van der Waals surface area contributed by atoms with Crippen LogP contribution in [0.5, 0.6) is 0 Å². The molecule has 0 saturated carbocycles. The molecule has 1 heterocycles. The summed E-state index contributed by atoms with van der Waals surface area (Å²) in [6, 6.07) is 20.4. The van der Waals surface area contributed by atoms with Gasteiger partial charge in [0.1, 0.15) is 17.8 Å². The summed E-state index contributed by atoms with van der Waals surface area (Å²) in [5.41, 5.74) is 1.01. The second-order valence-corrected chi connectivity index (χ2v) is 12.2. The van der Waals surface area contributed by atoms with E-state index in [2.05, 4.69) is 5.32 Å². The zero-order valence-corrected chi connectivity index (χ0v) is 25.8. The van der Waals surface area contributed by atoms with Gasteiger partial charge in [-0.2, -0.15) is 4.73 Å². The molecule has 0 aliphatic rings. The van der Waals surface area contributed by atoms with E-state index in [-0.39, 0.29) is 34.2 Å². The minimum Gasteiger partial charge on any atom is -0.618 e. The Bertz CT molecular complexity index is 1620. The van der Waals surface area contributed by atoms with Crippen LogP contribution in [0.3, 0.4) is 0 Å². The predicted octanol–water partition coefficient (Wildman–Crippen LogP) is 8.26. The Labute approximate surface area is 261 Å². The number of nitrogens with one attached hydrogen (secondary N) is 1. The van der Waals surface area contributed by atoms with Gasteiger partial charge in [-0.05, 0) is 66.3 Å². The Morgan fingerprint density at radius 2 is 1.66 bits per heavy atom. The number of ether oxygens (including phenoxy) is 1. The highest BCUT2D eigenvalue weighted by molar-refractivity contribution is 6.31. The molecule has 1 N–H and O–H groups in total. The zero-order valence-electron chi connectivity index (χ0n) is 25.1. The van der Waals surface area contributed by atoms with Crippen molar-refractivity contribution in [1.82, 2.24) is 0 Å². The van der Waals surface area contributed by atoms with Crippen LogP contribution in [0.15, 0.2) is 85.1 Å². The van der Waals surface area contributed by atoms with Crippen molar-refractivity contribution in [1.29, 1.82) is 0 Å². The van der Waals surface area contributed by atoms with Crippen LogP contribution < -0.4 is 10.0 Å². The molecule has 4 aromatic rings. The Hall–Kier alpha value is -4.30. The van der Waals surface area contributed by atoms with Crippen LogP contribution in [-0.4, -0.2) is 18.0 Å². The number of carbonyl (C=O) groups is 2. The quantitative estimate of drug-likeness (QED) is 0.0837. The van der Waals surface area contributed by atoms with Crippen molar-refractivity contribution in [2.24, 2.45) is 5.41 Å². The second kappa shape index (κ2) is 14.0. The van der Waals surface area contributed by atoms with E-state index in [1.807, 2.05) is 58.0 Å². The fraction of sp³-hybridized carbons (Fsp3) is 0.286. The number of rotatable bonds is 10. The fourth-order valence-electron chi connectivity index (χ4n) is 4.93. The SMILES string of the molecule is CCCC(OC(=O)c1ccc(NC(=O)C(Cc2ccccc2)c2ccc(-c3c(F)ccc(Cl)c3F)c[n+]2[O-])cc1)C(C)(C)C. The van der Waals surface area contributed by atoms with Gasteiger partial charge in [0.05, 0.1) is 21.7 Å². The average Bonchev–Trinajstić information content (AvgIpc) is 2.98. The van der Waals surface area contributed by atoms with E-state index < -0.39 is 35.0 Å². The summed E-state index contributed by atoms with van der Waals surface area (Å²) in [6.45, 7) is 8.12. The maximum atomic E-state index is 14.6. The van der Waals surface area contributed by atoms with E-state index in [0.717, 1.165) is 36.7 Å². The largest absolute Gasteiger partial charge is 0.618 e. The molecule has 4 rings (SSSR count). The lowest BCUT2D eigenvalue weighted by atomic mass is 9.86. The molecular weight excluding hydrogens is 586 g/mol. The van der Waals surface area contributed by atoms with Crippen LogP contribution in [0, 0.1) is 22.3 Å². The van der Waals surface area contributed by atoms with Gasteiger partial charge in [-0.1, -0.05) is 76.0 Å². The molecule has 0 aliphatic carbocycles. The summed E-state index contributed by atoms with van der Waals surface area (Å²) in [7, 11) is 0. The van der Waals surface area contributed by atoms with Crippen molar-refractivity contribution in [3.05, 3.63) is 124 Å². The molecular formula is C35H35ClF2N2O4. The van der Waals surface area contributed by atoms with Crippen molar-refractivity contribution in [2.75, 3.05) is 5.32 Å². The van der Waals surface area contributed by atoms with Crippen LogP contribution in [0.1, 0.15) is 68.1 Å². The number of benzene rings is 3.